The molecule has 18 heavy (non-hydrogen) atoms. The zero-order chi connectivity index (χ0) is 12.6. The van der Waals surface area contributed by atoms with E-state index in [2.05, 4.69) is 13.8 Å². The highest BCUT2D eigenvalue weighted by atomic mass is 17.4. The molecule has 3 aliphatic rings. The average molecular weight is 256 g/mol. The molecule has 2 saturated carbocycles. The highest BCUT2D eigenvalue weighted by Crippen LogP contribution is 2.45. The first-order chi connectivity index (χ1) is 8.62. The van der Waals surface area contributed by atoms with Crippen molar-refractivity contribution in [3.05, 3.63) is 0 Å². The van der Waals surface area contributed by atoms with Gasteiger partial charge in [0.1, 0.15) is 0 Å². The van der Waals surface area contributed by atoms with Gasteiger partial charge in [-0.1, -0.05) is 13.8 Å². The number of rotatable bonds is 0. The van der Waals surface area contributed by atoms with Crippen LogP contribution in [0, 0.1) is 11.8 Å². The van der Waals surface area contributed by atoms with Gasteiger partial charge in [0.15, 0.2) is 0 Å². The largest absolute Gasteiger partial charge is 0.234 e. The molecular formula is C14H24O4. The van der Waals surface area contributed by atoms with Gasteiger partial charge < -0.3 is 0 Å². The van der Waals surface area contributed by atoms with Crippen LogP contribution in [-0.2, 0) is 19.6 Å². The van der Waals surface area contributed by atoms with Crippen molar-refractivity contribution in [3.63, 3.8) is 0 Å². The van der Waals surface area contributed by atoms with Crippen LogP contribution in [0.25, 0.3) is 0 Å². The molecule has 3 rings (SSSR count). The van der Waals surface area contributed by atoms with Crippen LogP contribution in [0.15, 0.2) is 0 Å². The zero-order valence-corrected chi connectivity index (χ0v) is 11.4. The lowest BCUT2D eigenvalue weighted by Gasteiger charge is -2.47. The third kappa shape index (κ3) is 2.44. The van der Waals surface area contributed by atoms with Gasteiger partial charge in [-0.25, -0.2) is 0 Å². The molecule has 104 valence electrons. The van der Waals surface area contributed by atoms with Crippen LogP contribution in [0.5, 0.6) is 0 Å². The molecule has 1 heterocycles. The first kappa shape index (κ1) is 12.9. The molecule has 0 N–H and O–H groups in total. The maximum Gasteiger partial charge on any atom is 0.234 e. The van der Waals surface area contributed by atoms with Gasteiger partial charge in [0, 0.05) is 25.7 Å². The van der Waals surface area contributed by atoms with Crippen LogP contribution in [0.4, 0.5) is 0 Å². The molecule has 3 fully saturated rings. The highest BCUT2D eigenvalue weighted by molar-refractivity contribution is 4.81. The van der Waals surface area contributed by atoms with Gasteiger partial charge in [0.25, 0.3) is 0 Å². The summed E-state index contributed by atoms with van der Waals surface area (Å²) in [4.78, 5) is 22.5. The summed E-state index contributed by atoms with van der Waals surface area (Å²) in [5.41, 5.74) is 0. The van der Waals surface area contributed by atoms with E-state index in [0.29, 0.717) is 0 Å². The van der Waals surface area contributed by atoms with Gasteiger partial charge in [0.05, 0.1) is 0 Å². The zero-order valence-electron chi connectivity index (χ0n) is 11.4. The summed E-state index contributed by atoms with van der Waals surface area (Å²) in [6.45, 7) is 4.53. The van der Waals surface area contributed by atoms with Crippen molar-refractivity contribution in [2.45, 2.75) is 76.8 Å². The summed E-state index contributed by atoms with van der Waals surface area (Å²) in [5, 5.41) is 0. The fourth-order valence-electron chi connectivity index (χ4n) is 3.07. The fraction of sp³-hybridized carbons (Fsp3) is 1.00. The van der Waals surface area contributed by atoms with Crippen molar-refractivity contribution in [3.8, 4) is 0 Å². The summed E-state index contributed by atoms with van der Waals surface area (Å²) in [5.74, 6) is 0.213. The maximum absolute atomic E-state index is 5.64. The molecule has 2 aliphatic carbocycles. The SMILES string of the molecule is CC1CCC2(CC1)OOC1(CCC(C)CC1)OO2. The quantitative estimate of drug-likeness (QED) is 0.619. The number of hydrogen-bond acceptors (Lipinski definition) is 4. The maximum atomic E-state index is 5.64. The van der Waals surface area contributed by atoms with E-state index in [4.69, 9.17) is 19.6 Å². The predicted octanol–water partition coefficient (Wildman–Crippen LogP) is 3.71. The summed E-state index contributed by atoms with van der Waals surface area (Å²) in [6, 6.07) is 0. The Morgan fingerprint density at radius 2 is 0.889 bits per heavy atom. The monoisotopic (exact) mass is 256 g/mol. The van der Waals surface area contributed by atoms with Crippen molar-refractivity contribution in [1.29, 1.82) is 0 Å². The lowest BCUT2D eigenvalue weighted by molar-refractivity contribution is -0.663. The van der Waals surface area contributed by atoms with Crippen molar-refractivity contribution < 1.29 is 19.6 Å². The van der Waals surface area contributed by atoms with Gasteiger partial charge >= 0.3 is 0 Å². The Labute approximate surface area is 109 Å². The van der Waals surface area contributed by atoms with Crippen LogP contribution in [0.3, 0.4) is 0 Å². The van der Waals surface area contributed by atoms with E-state index in [1.165, 1.54) is 0 Å². The van der Waals surface area contributed by atoms with Crippen LogP contribution >= 0.6 is 0 Å². The molecule has 0 atom stereocenters. The third-order valence-electron chi connectivity index (χ3n) is 4.76. The van der Waals surface area contributed by atoms with Gasteiger partial charge in [0.2, 0.25) is 11.6 Å². The molecule has 0 bridgehead atoms. The molecule has 0 aromatic carbocycles. The Balaban J connectivity index is 1.57. The Morgan fingerprint density at radius 1 is 0.611 bits per heavy atom. The molecule has 0 radical (unpaired) electrons. The molecule has 0 aromatic heterocycles. The lowest BCUT2D eigenvalue weighted by atomic mass is 9.86. The molecule has 2 spiro atoms. The molecule has 1 aliphatic heterocycles. The van der Waals surface area contributed by atoms with Gasteiger partial charge in [-0.05, 0) is 37.5 Å². The van der Waals surface area contributed by atoms with Crippen LogP contribution < -0.4 is 0 Å². The first-order valence-electron chi connectivity index (χ1n) is 7.35. The Hall–Kier alpha value is -0.160. The number of hydrogen-bond donors (Lipinski definition) is 0. The summed E-state index contributed by atoms with van der Waals surface area (Å²) in [6.07, 6.45) is 7.88. The Kier molecular flexibility index (Phi) is 3.39. The first-order valence-corrected chi connectivity index (χ1v) is 7.35. The van der Waals surface area contributed by atoms with E-state index in [1.807, 2.05) is 0 Å². The van der Waals surface area contributed by atoms with Crippen molar-refractivity contribution in [2.24, 2.45) is 11.8 Å². The topological polar surface area (TPSA) is 36.9 Å². The second-order valence-corrected chi connectivity index (χ2v) is 6.52. The average Bonchev–Trinajstić information content (AvgIpc) is 2.41. The normalized spacial score (nSPS) is 49.7. The summed E-state index contributed by atoms with van der Waals surface area (Å²) >= 11 is 0. The second kappa shape index (κ2) is 4.75. The minimum atomic E-state index is -0.638. The predicted molar refractivity (Wildman–Crippen MR) is 65.1 cm³/mol. The second-order valence-electron chi connectivity index (χ2n) is 6.52. The van der Waals surface area contributed by atoms with Crippen molar-refractivity contribution in [2.75, 3.05) is 0 Å². The molecule has 0 unspecified atom stereocenters. The van der Waals surface area contributed by atoms with Crippen molar-refractivity contribution in [1.82, 2.24) is 0 Å². The molecular weight excluding hydrogens is 232 g/mol. The minimum absolute atomic E-state index is 0.638. The summed E-state index contributed by atoms with van der Waals surface area (Å²) < 4.78 is 0. The molecule has 4 nitrogen and oxygen atoms in total. The smallest absolute Gasteiger partial charge is 0.195 e. The van der Waals surface area contributed by atoms with E-state index >= 15 is 0 Å². The lowest BCUT2D eigenvalue weighted by Crippen LogP contribution is -2.53. The third-order valence-corrected chi connectivity index (χ3v) is 4.76. The minimum Gasteiger partial charge on any atom is -0.195 e. The van der Waals surface area contributed by atoms with Crippen LogP contribution in [0.2, 0.25) is 0 Å². The van der Waals surface area contributed by atoms with E-state index in [-0.39, 0.29) is 0 Å². The van der Waals surface area contributed by atoms with E-state index < -0.39 is 11.6 Å². The van der Waals surface area contributed by atoms with E-state index in [1.54, 1.807) is 0 Å². The van der Waals surface area contributed by atoms with E-state index in [9.17, 15) is 0 Å². The molecule has 0 amide bonds. The Bertz CT molecular complexity index is 246. The highest BCUT2D eigenvalue weighted by Gasteiger charge is 2.50. The van der Waals surface area contributed by atoms with Crippen LogP contribution in [0.1, 0.15) is 65.2 Å². The fourth-order valence-corrected chi connectivity index (χ4v) is 3.07. The van der Waals surface area contributed by atoms with Gasteiger partial charge in [-0.15, -0.1) is 0 Å². The van der Waals surface area contributed by atoms with Crippen molar-refractivity contribution >= 4 is 0 Å². The standard InChI is InChI=1S/C14H24O4/c1-11-3-7-13(8-4-11)15-17-14(18-16-13)9-5-12(2)6-10-14/h11-12H,3-10H2,1-2H3. The van der Waals surface area contributed by atoms with E-state index in [0.717, 1.165) is 63.2 Å². The van der Waals surface area contributed by atoms with Crippen LogP contribution in [-0.4, -0.2) is 11.6 Å². The van der Waals surface area contributed by atoms with Gasteiger partial charge in [-0.2, -0.15) is 19.6 Å². The van der Waals surface area contributed by atoms with Gasteiger partial charge in [-0.3, -0.25) is 0 Å². The summed E-state index contributed by atoms with van der Waals surface area (Å²) in [7, 11) is 0. The molecule has 4 heteroatoms. The molecule has 1 saturated heterocycles. The molecule has 0 aromatic rings. The Morgan fingerprint density at radius 3 is 1.17 bits per heavy atom.